The molecular formula is C15H14N2O3S. The van der Waals surface area contributed by atoms with Crippen molar-refractivity contribution < 1.29 is 14.7 Å². The van der Waals surface area contributed by atoms with Gasteiger partial charge in [-0.3, -0.25) is 9.59 Å². The summed E-state index contributed by atoms with van der Waals surface area (Å²) in [5.41, 5.74) is 1.61. The maximum absolute atomic E-state index is 12.1. The molecule has 1 aliphatic carbocycles. The summed E-state index contributed by atoms with van der Waals surface area (Å²) in [6, 6.07) is 7.42. The molecule has 1 aromatic heterocycles. The molecule has 1 fully saturated rings. The molecule has 3 rings (SSSR count). The number of rotatable bonds is 4. The monoisotopic (exact) mass is 302 g/mol. The summed E-state index contributed by atoms with van der Waals surface area (Å²) in [6.07, 6.45) is 2.94. The molecule has 21 heavy (non-hydrogen) atoms. The maximum atomic E-state index is 12.1. The lowest BCUT2D eigenvalue weighted by molar-refractivity contribution is -0.151. The van der Waals surface area contributed by atoms with Crippen molar-refractivity contribution in [2.24, 2.45) is 11.8 Å². The summed E-state index contributed by atoms with van der Waals surface area (Å²) in [6.45, 7) is 0. The first kappa shape index (κ1) is 13.8. The molecule has 0 bridgehead atoms. The largest absolute Gasteiger partial charge is 0.481 e. The highest BCUT2D eigenvalue weighted by molar-refractivity contribution is 7.13. The number of nitrogens with zero attached hydrogens (tertiary/aromatic N) is 1. The highest BCUT2D eigenvalue weighted by atomic mass is 32.1. The fraction of sp³-hybridized carbons (Fsp3) is 0.267. The van der Waals surface area contributed by atoms with Crippen LogP contribution >= 0.6 is 11.3 Å². The summed E-state index contributed by atoms with van der Waals surface area (Å²) in [7, 11) is 0. The van der Waals surface area contributed by atoms with Crippen molar-refractivity contribution in [2.75, 3.05) is 5.32 Å². The zero-order chi connectivity index (χ0) is 14.8. The predicted octanol–water partition coefficient (Wildman–Crippen LogP) is 2.86. The minimum absolute atomic E-state index is 0.218. The Morgan fingerprint density at radius 2 is 2.10 bits per heavy atom. The van der Waals surface area contributed by atoms with Gasteiger partial charge in [0.1, 0.15) is 5.01 Å². The van der Waals surface area contributed by atoms with Gasteiger partial charge in [-0.2, -0.15) is 0 Å². The SMILES string of the molecule is O=C(O)C1CCC1C(=O)Nc1cccc(-c2nccs2)c1. The van der Waals surface area contributed by atoms with E-state index in [0.717, 1.165) is 10.6 Å². The van der Waals surface area contributed by atoms with E-state index in [4.69, 9.17) is 5.11 Å². The highest BCUT2D eigenvalue weighted by Gasteiger charge is 2.41. The molecule has 108 valence electrons. The van der Waals surface area contributed by atoms with E-state index < -0.39 is 17.8 Å². The van der Waals surface area contributed by atoms with Crippen LogP contribution in [0.1, 0.15) is 12.8 Å². The third-order valence-electron chi connectivity index (χ3n) is 3.74. The molecule has 1 aliphatic rings. The first-order chi connectivity index (χ1) is 10.1. The lowest BCUT2D eigenvalue weighted by atomic mass is 9.73. The molecule has 0 spiro atoms. The summed E-state index contributed by atoms with van der Waals surface area (Å²) in [5.74, 6) is -2.08. The normalized spacial score (nSPS) is 20.6. The molecule has 2 aromatic rings. The summed E-state index contributed by atoms with van der Waals surface area (Å²) >= 11 is 1.53. The quantitative estimate of drug-likeness (QED) is 0.910. The van der Waals surface area contributed by atoms with Gasteiger partial charge in [0, 0.05) is 22.8 Å². The van der Waals surface area contributed by atoms with Crippen LogP contribution in [0.2, 0.25) is 0 Å². The Bertz CT molecular complexity index is 669. The van der Waals surface area contributed by atoms with Crippen molar-refractivity contribution in [1.82, 2.24) is 4.98 Å². The Kier molecular flexibility index (Phi) is 3.70. The van der Waals surface area contributed by atoms with Gasteiger partial charge in [-0.05, 0) is 25.0 Å². The van der Waals surface area contributed by atoms with Crippen LogP contribution in [0.4, 0.5) is 5.69 Å². The lowest BCUT2D eigenvalue weighted by Crippen LogP contribution is -2.41. The number of aromatic nitrogens is 1. The van der Waals surface area contributed by atoms with Crippen LogP contribution in [0.3, 0.4) is 0 Å². The molecule has 2 N–H and O–H groups in total. The number of thiazole rings is 1. The molecule has 6 heteroatoms. The second-order valence-corrected chi connectivity index (χ2v) is 5.93. The molecule has 2 unspecified atom stereocenters. The summed E-state index contributed by atoms with van der Waals surface area (Å²) < 4.78 is 0. The number of benzene rings is 1. The van der Waals surface area contributed by atoms with Crippen molar-refractivity contribution in [3.05, 3.63) is 35.8 Å². The molecule has 2 atom stereocenters. The molecule has 5 nitrogen and oxygen atoms in total. The molecule has 0 aliphatic heterocycles. The zero-order valence-electron chi connectivity index (χ0n) is 11.2. The molecule has 0 saturated heterocycles. The van der Waals surface area contributed by atoms with E-state index in [2.05, 4.69) is 10.3 Å². The number of aliphatic carboxylic acids is 1. The van der Waals surface area contributed by atoms with Crippen molar-refractivity contribution >= 4 is 28.9 Å². The minimum Gasteiger partial charge on any atom is -0.481 e. The molecule has 1 saturated carbocycles. The first-order valence-electron chi connectivity index (χ1n) is 6.69. The third kappa shape index (κ3) is 2.80. The van der Waals surface area contributed by atoms with Crippen LogP contribution in [0.15, 0.2) is 35.8 Å². The van der Waals surface area contributed by atoms with Gasteiger partial charge in [0.25, 0.3) is 0 Å². The van der Waals surface area contributed by atoms with Gasteiger partial charge in [0.05, 0.1) is 11.8 Å². The Balaban J connectivity index is 1.72. The molecule has 1 heterocycles. The number of carboxylic acids is 1. The lowest BCUT2D eigenvalue weighted by Gasteiger charge is -2.31. The Morgan fingerprint density at radius 1 is 1.29 bits per heavy atom. The van der Waals surface area contributed by atoms with E-state index in [-0.39, 0.29) is 5.91 Å². The Morgan fingerprint density at radius 3 is 2.71 bits per heavy atom. The number of anilines is 1. The Labute approximate surface area is 125 Å². The van der Waals surface area contributed by atoms with Gasteiger partial charge < -0.3 is 10.4 Å². The van der Waals surface area contributed by atoms with Crippen molar-refractivity contribution in [2.45, 2.75) is 12.8 Å². The Hall–Kier alpha value is -2.21. The zero-order valence-corrected chi connectivity index (χ0v) is 12.0. The number of hydrogen-bond donors (Lipinski definition) is 2. The minimum atomic E-state index is -0.891. The van der Waals surface area contributed by atoms with E-state index in [1.807, 2.05) is 23.6 Å². The van der Waals surface area contributed by atoms with Crippen molar-refractivity contribution in [3.8, 4) is 10.6 Å². The second kappa shape index (κ2) is 5.65. The molecule has 0 radical (unpaired) electrons. The maximum Gasteiger partial charge on any atom is 0.307 e. The van der Waals surface area contributed by atoms with Gasteiger partial charge in [-0.1, -0.05) is 12.1 Å². The first-order valence-corrected chi connectivity index (χ1v) is 7.57. The average Bonchev–Trinajstić information content (AvgIpc) is 2.90. The average molecular weight is 302 g/mol. The van der Waals surface area contributed by atoms with Gasteiger partial charge >= 0.3 is 5.97 Å². The summed E-state index contributed by atoms with van der Waals surface area (Å²) in [4.78, 5) is 27.3. The van der Waals surface area contributed by atoms with Gasteiger partial charge in [-0.25, -0.2) is 4.98 Å². The van der Waals surface area contributed by atoms with Crippen LogP contribution in [-0.2, 0) is 9.59 Å². The number of carboxylic acid groups (broad SMARTS) is 1. The van der Waals surface area contributed by atoms with Crippen LogP contribution in [-0.4, -0.2) is 22.0 Å². The number of carbonyl (C=O) groups excluding carboxylic acids is 1. The number of amides is 1. The van der Waals surface area contributed by atoms with Crippen molar-refractivity contribution in [1.29, 1.82) is 0 Å². The van der Waals surface area contributed by atoms with E-state index >= 15 is 0 Å². The van der Waals surface area contributed by atoms with Gasteiger partial charge in [-0.15, -0.1) is 11.3 Å². The standard InChI is InChI=1S/C15H14N2O3S/c18-13(11-4-5-12(11)15(19)20)17-10-3-1-2-9(8-10)14-16-6-7-21-14/h1-3,6-8,11-12H,4-5H2,(H,17,18)(H,19,20). The predicted molar refractivity (Wildman–Crippen MR) is 80.0 cm³/mol. The second-order valence-electron chi connectivity index (χ2n) is 5.04. The topological polar surface area (TPSA) is 79.3 Å². The molecule has 1 aromatic carbocycles. The van der Waals surface area contributed by atoms with E-state index in [1.54, 1.807) is 12.3 Å². The fourth-order valence-corrected chi connectivity index (χ4v) is 3.08. The van der Waals surface area contributed by atoms with Crippen LogP contribution in [0.5, 0.6) is 0 Å². The number of nitrogens with one attached hydrogen (secondary N) is 1. The van der Waals surface area contributed by atoms with E-state index in [9.17, 15) is 9.59 Å². The smallest absolute Gasteiger partial charge is 0.307 e. The van der Waals surface area contributed by atoms with Crippen LogP contribution < -0.4 is 5.32 Å². The fourth-order valence-electron chi connectivity index (χ4n) is 2.44. The van der Waals surface area contributed by atoms with Crippen molar-refractivity contribution in [3.63, 3.8) is 0 Å². The molecular weight excluding hydrogens is 288 g/mol. The van der Waals surface area contributed by atoms with E-state index in [0.29, 0.717) is 18.5 Å². The summed E-state index contributed by atoms with van der Waals surface area (Å²) in [5, 5.41) is 14.6. The van der Waals surface area contributed by atoms with Gasteiger partial charge in [0.2, 0.25) is 5.91 Å². The third-order valence-corrected chi connectivity index (χ3v) is 4.56. The van der Waals surface area contributed by atoms with Crippen LogP contribution in [0, 0.1) is 11.8 Å². The highest BCUT2D eigenvalue weighted by Crippen LogP contribution is 2.35. The molecule has 1 amide bonds. The number of hydrogen-bond acceptors (Lipinski definition) is 4. The number of carbonyl (C=O) groups is 2. The van der Waals surface area contributed by atoms with E-state index in [1.165, 1.54) is 11.3 Å². The van der Waals surface area contributed by atoms with Crippen LogP contribution in [0.25, 0.3) is 10.6 Å². The van der Waals surface area contributed by atoms with Gasteiger partial charge in [0.15, 0.2) is 0 Å².